The summed E-state index contributed by atoms with van der Waals surface area (Å²) in [6, 6.07) is 7.30. The second kappa shape index (κ2) is 10.5. The van der Waals surface area contributed by atoms with Crippen molar-refractivity contribution in [2.45, 2.75) is 26.2 Å². The number of carbonyl (C=O) groups excluding carboxylic acids is 2. The number of piperidine rings is 1. The van der Waals surface area contributed by atoms with E-state index in [-0.39, 0.29) is 11.8 Å². The standard InChI is InChI=1S/C21H32N4O3/c1-16(17-3-2-8-22-14-17)13-20(26)23-18-4-6-19(7-5-18)24-21(27)15-25-9-11-28-12-10-25/h4-7,16-17,22H,2-3,8-15H2,1H3,(H,23,26)(H,24,27). The highest BCUT2D eigenvalue weighted by molar-refractivity contribution is 5.93. The lowest BCUT2D eigenvalue weighted by atomic mass is 9.85. The summed E-state index contributed by atoms with van der Waals surface area (Å²) in [6.45, 7) is 7.55. The van der Waals surface area contributed by atoms with Gasteiger partial charge in [-0.05, 0) is 62.0 Å². The van der Waals surface area contributed by atoms with Crippen LogP contribution >= 0.6 is 0 Å². The average Bonchev–Trinajstić information content (AvgIpc) is 2.71. The van der Waals surface area contributed by atoms with Crippen LogP contribution in [0.25, 0.3) is 0 Å². The number of hydrogen-bond acceptors (Lipinski definition) is 5. The molecule has 1 aromatic rings. The topological polar surface area (TPSA) is 82.7 Å². The Morgan fingerprint density at radius 2 is 1.79 bits per heavy atom. The molecule has 2 atom stereocenters. The number of nitrogens with zero attached hydrogens (tertiary/aromatic N) is 1. The Morgan fingerprint density at radius 3 is 2.39 bits per heavy atom. The first-order chi connectivity index (χ1) is 13.6. The Morgan fingerprint density at radius 1 is 1.14 bits per heavy atom. The highest BCUT2D eigenvalue weighted by Crippen LogP contribution is 2.23. The van der Waals surface area contributed by atoms with E-state index in [0.29, 0.717) is 38.0 Å². The van der Waals surface area contributed by atoms with E-state index in [4.69, 9.17) is 4.74 Å². The molecule has 7 heteroatoms. The van der Waals surface area contributed by atoms with Gasteiger partial charge in [0.2, 0.25) is 11.8 Å². The average molecular weight is 389 g/mol. The van der Waals surface area contributed by atoms with Crippen LogP contribution in [0.5, 0.6) is 0 Å². The Hall–Kier alpha value is -1.96. The zero-order valence-electron chi connectivity index (χ0n) is 16.7. The molecule has 7 nitrogen and oxygen atoms in total. The van der Waals surface area contributed by atoms with Crippen molar-refractivity contribution in [2.24, 2.45) is 11.8 Å². The minimum absolute atomic E-state index is 0.0337. The van der Waals surface area contributed by atoms with Crippen LogP contribution in [0.2, 0.25) is 0 Å². The largest absolute Gasteiger partial charge is 0.379 e. The van der Waals surface area contributed by atoms with Crippen LogP contribution in [0, 0.1) is 11.8 Å². The maximum absolute atomic E-state index is 12.3. The van der Waals surface area contributed by atoms with Gasteiger partial charge in [-0.2, -0.15) is 0 Å². The molecule has 154 valence electrons. The number of amides is 2. The number of nitrogens with one attached hydrogen (secondary N) is 3. The fourth-order valence-electron chi connectivity index (χ4n) is 3.84. The first-order valence-corrected chi connectivity index (χ1v) is 10.3. The Kier molecular flexibility index (Phi) is 7.82. The van der Waals surface area contributed by atoms with Gasteiger partial charge < -0.3 is 20.7 Å². The zero-order valence-corrected chi connectivity index (χ0v) is 16.7. The molecule has 3 N–H and O–H groups in total. The van der Waals surface area contributed by atoms with Crippen LogP contribution in [0.15, 0.2) is 24.3 Å². The molecule has 0 aliphatic carbocycles. The van der Waals surface area contributed by atoms with E-state index in [1.54, 1.807) is 0 Å². The van der Waals surface area contributed by atoms with E-state index in [2.05, 4.69) is 27.8 Å². The molecule has 0 radical (unpaired) electrons. The molecule has 2 aliphatic rings. The third-order valence-corrected chi connectivity index (χ3v) is 5.57. The summed E-state index contributed by atoms with van der Waals surface area (Å²) in [5.74, 6) is 0.950. The van der Waals surface area contributed by atoms with E-state index < -0.39 is 0 Å². The van der Waals surface area contributed by atoms with Gasteiger partial charge in [0, 0.05) is 30.9 Å². The second-order valence-electron chi connectivity index (χ2n) is 7.85. The van der Waals surface area contributed by atoms with E-state index in [1.165, 1.54) is 12.8 Å². The van der Waals surface area contributed by atoms with E-state index in [1.807, 2.05) is 24.3 Å². The zero-order chi connectivity index (χ0) is 19.8. The van der Waals surface area contributed by atoms with Crippen molar-refractivity contribution < 1.29 is 14.3 Å². The normalized spacial score (nSPS) is 21.7. The second-order valence-corrected chi connectivity index (χ2v) is 7.85. The van der Waals surface area contributed by atoms with E-state index in [0.717, 1.165) is 37.6 Å². The molecule has 2 heterocycles. The summed E-state index contributed by atoms with van der Waals surface area (Å²) >= 11 is 0. The predicted octanol–water partition coefficient (Wildman–Crippen LogP) is 1.92. The number of carbonyl (C=O) groups is 2. The highest BCUT2D eigenvalue weighted by atomic mass is 16.5. The molecule has 2 aliphatic heterocycles. The lowest BCUT2D eigenvalue weighted by Crippen LogP contribution is -2.41. The van der Waals surface area contributed by atoms with Gasteiger partial charge in [-0.25, -0.2) is 0 Å². The number of hydrogen-bond donors (Lipinski definition) is 3. The number of rotatable bonds is 7. The van der Waals surface area contributed by atoms with Crippen molar-refractivity contribution in [3.05, 3.63) is 24.3 Å². The molecule has 0 saturated carbocycles. The fraction of sp³-hybridized carbons (Fsp3) is 0.619. The van der Waals surface area contributed by atoms with Gasteiger partial charge in [0.15, 0.2) is 0 Å². The summed E-state index contributed by atoms with van der Waals surface area (Å²) in [5.41, 5.74) is 1.49. The van der Waals surface area contributed by atoms with Gasteiger partial charge in [0.1, 0.15) is 0 Å². The molecule has 2 fully saturated rings. The van der Waals surface area contributed by atoms with Crippen LogP contribution in [0.4, 0.5) is 11.4 Å². The summed E-state index contributed by atoms with van der Waals surface area (Å²) < 4.78 is 5.29. The van der Waals surface area contributed by atoms with Crippen molar-refractivity contribution in [3.8, 4) is 0 Å². The van der Waals surface area contributed by atoms with Gasteiger partial charge in [-0.3, -0.25) is 14.5 Å². The van der Waals surface area contributed by atoms with Crippen LogP contribution in [0.1, 0.15) is 26.2 Å². The summed E-state index contributed by atoms with van der Waals surface area (Å²) in [6.07, 6.45) is 2.92. The molecule has 0 spiro atoms. The molecule has 0 bridgehead atoms. The summed E-state index contributed by atoms with van der Waals surface area (Å²) in [7, 11) is 0. The molecule has 28 heavy (non-hydrogen) atoms. The molecule has 1 aromatic carbocycles. The lowest BCUT2D eigenvalue weighted by Gasteiger charge is -2.28. The minimum Gasteiger partial charge on any atom is -0.379 e. The molecule has 0 aromatic heterocycles. The Bertz CT molecular complexity index is 638. The number of ether oxygens (including phenoxy) is 1. The van der Waals surface area contributed by atoms with Gasteiger partial charge in [0.05, 0.1) is 19.8 Å². The monoisotopic (exact) mass is 388 g/mol. The van der Waals surface area contributed by atoms with Crippen molar-refractivity contribution in [1.82, 2.24) is 10.2 Å². The first kappa shape index (κ1) is 20.8. The van der Waals surface area contributed by atoms with Gasteiger partial charge in [-0.1, -0.05) is 6.92 Å². The molecule has 2 unspecified atom stereocenters. The highest BCUT2D eigenvalue weighted by Gasteiger charge is 2.22. The van der Waals surface area contributed by atoms with Crippen LogP contribution in [0.3, 0.4) is 0 Å². The molecular weight excluding hydrogens is 356 g/mol. The SMILES string of the molecule is CC(CC(=O)Nc1ccc(NC(=O)CN2CCOCC2)cc1)C1CCCNC1. The number of anilines is 2. The smallest absolute Gasteiger partial charge is 0.238 e. The van der Waals surface area contributed by atoms with Gasteiger partial charge in [-0.15, -0.1) is 0 Å². The van der Waals surface area contributed by atoms with Crippen LogP contribution in [-0.2, 0) is 14.3 Å². The molecule has 3 rings (SSSR count). The first-order valence-electron chi connectivity index (χ1n) is 10.3. The lowest BCUT2D eigenvalue weighted by molar-refractivity contribution is -0.118. The maximum atomic E-state index is 12.3. The number of morpholine rings is 1. The predicted molar refractivity (Wildman–Crippen MR) is 110 cm³/mol. The third kappa shape index (κ3) is 6.58. The van der Waals surface area contributed by atoms with Crippen LogP contribution < -0.4 is 16.0 Å². The quantitative estimate of drug-likeness (QED) is 0.665. The third-order valence-electron chi connectivity index (χ3n) is 5.57. The van der Waals surface area contributed by atoms with E-state index in [9.17, 15) is 9.59 Å². The van der Waals surface area contributed by atoms with Crippen molar-refractivity contribution >= 4 is 23.2 Å². The van der Waals surface area contributed by atoms with Crippen molar-refractivity contribution in [1.29, 1.82) is 0 Å². The summed E-state index contributed by atoms with van der Waals surface area (Å²) in [4.78, 5) is 26.6. The van der Waals surface area contributed by atoms with Crippen LogP contribution in [-0.4, -0.2) is 62.7 Å². The Balaban J connectivity index is 1.41. The molecule has 2 saturated heterocycles. The van der Waals surface area contributed by atoms with Gasteiger partial charge >= 0.3 is 0 Å². The van der Waals surface area contributed by atoms with E-state index >= 15 is 0 Å². The Labute approximate surface area is 167 Å². The van der Waals surface area contributed by atoms with Gasteiger partial charge in [0.25, 0.3) is 0 Å². The molecular formula is C21H32N4O3. The maximum Gasteiger partial charge on any atom is 0.238 e. The summed E-state index contributed by atoms with van der Waals surface area (Å²) in [5, 5.41) is 9.28. The van der Waals surface area contributed by atoms with Crippen molar-refractivity contribution in [2.75, 3.05) is 56.6 Å². The fourth-order valence-corrected chi connectivity index (χ4v) is 3.84. The van der Waals surface area contributed by atoms with Crippen molar-refractivity contribution in [3.63, 3.8) is 0 Å². The molecule has 2 amide bonds. The minimum atomic E-state index is -0.0337. The number of benzene rings is 1.